The van der Waals surface area contributed by atoms with Gasteiger partial charge in [0.25, 0.3) is 0 Å². The summed E-state index contributed by atoms with van der Waals surface area (Å²) < 4.78 is 10.2. The molecule has 68 valence electrons. The molecule has 1 fully saturated rings. The van der Waals surface area contributed by atoms with Crippen molar-refractivity contribution in [3.05, 3.63) is 11.3 Å². The zero-order valence-electron chi connectivity index (χ0n) is 7.93. The first-order valence-corrected chi connectivity index (χ1v) is 3.96. The Morgan fingerprint density at radius 2 is 1.92 bits per heavy atom. The summed E-state index contributed by atoms with van der Waals surface area (Å²) in [5.74, 6) is 0.374. The van der Waals surface area contributed by atoms with Gasteiger partial charge in [0, 0.05) is 6.92 Å². The fourth-order valence-electron chi connectivity index (χ4n) is 0.989. The van der Waals surface area contributed by atoms with Crippen LogP contribution in [0.2, 0.25) is 0 Å². The lowest BCUT2D eigenvalue weighted by atomic mass is 10.0. The predicted molar refractivity (Wildman–Crippen MR) is 44.5 cm³/mol. The minimum atomic E-state index is -0.281. The van der Waals surface area contributed by atoms with Gasteiger partial charge in [0.15, 0.2) is 0 Å². The van der Waals surface area contributed by atoms with Crippen LogP contribution in [0.5, 0.6) is 0 Å². The Morgan fingerprint density at radius 1 is 1.42 bits per heavy atom. The van der Waals surface area contributed by atoms with Gasteiger partial charge in [-0.15, -0.1) is 0 Å². The number of epoxide rings is 1. The van der Waals surface area contributed by atoms with Gasteiger partial charge in [-0.3, -0.25) is 4.79 Å². The van der Waals surface area contributed by atoms with Gasteiger partial charge in [-0.25, -0.2) is 0 Å². The number of allylic oxidation sites excluding steroid dienone is 1. The maximum Gasteiger partial charge on any atom is 0.307 e. The van der Waals surface area contributed by atoms with Crippen molar-refractivity contribution in [2.75, 3.05) is 6.61 Å². The van der Waals surface area contributed by atoms with Crippen molar-refractivity contribution >= 4 is 5.97 Å². The Labute approximate surface area is 72.4 Å². The van der Waals surface area contributed by atoms with Crippen LogP contribution in [0.1, 0.15) is 27.7 Å². The Morgan fingerprint density at radius 3 is 2.25 bits per heavy atom. The molecule has 0 N–H and O–H groups in total. The van der Waals surface area contributed by atoms with Gasteiger partial charge in [0.1, 0.15) is 11.4 Å². The van der Waals surface area contributed by atoms with Crippen LogP contribution in [-0.4, -0.2) is 18.2 Å². The zero-order valence-corrected chi connectivity index (χ0v) is 7.93. The average Bonchev–Trinajstić information content (AvgIpc) is 2.66. The monoisotopic (exact) mass is 170 g/mol. The average molecular weight is 170 g/mol. The van der Waals surface area contributed by atoms with E-state index in [9.17, 15) is 4.79 Å². The summed E-state index contributed by atoms with van der Waals surface area (Å²) in [5.41, 5.74) is 0.817. The number of hydrogen-bond acceptors (Lipinski definition) is 3. The molecule has 1 unspecified atom stereocenters. The van der Waals surface area contributed by atoms with Crippen molar-refractivity contribution in [2.45, 2.75) is 33.3 Å². The van der Waals surface area contributed by atoms with E-state index in [1.165, 1.54) is 6.92 Å². The first-order valence-electron chi connectivity index (χ1n) is 3.96. The number of ether oxygens (including phenoxy) is 2. The summed E-state index contributed by atoms with van der Waals surface area (Å²) in [7, 11) is 0. The second-order valence-electron chi connectivity index (χ2n) is 3.29. The van der Waals surface area contributed by atoms with E-state index in [4.69, 9.17) is 9.47 Å². The van der Waals surface area contributed by atoms with E-state index >= 15 is 0 Å². The summed E-state index contributed by atoms with van der Waals surface area (Å²) in [6, 6.07) is 0. The SMILES string of the molecule is CC(=O)O/C(C)=C(/C)C1(C)CO1. The molecule has 12 heavy (non-hydrogen) atoms. The second-order valence-corrected chi connectivity index (χ2v) is 3.29. The normalized spacial score (nSPS) is 29.3. The molecule has 1 saturated heterocycles. The molecule has 0 aromatic heterocycles. The van der Waals surface area contributed by atoms with Gasteiger partial charge in [0.05, 0.1) is 6.61 Å². The molecule has 0 spiro atoms. The summed E-state index contributed by atoms with van der Waals surface area (Å²) >= 11 is 0. The number of hydrogen-bond donors (Lipinski definition) is 0. The van der Waals surface area contributed by atoms with Gasteiger partial charge in [-0.2, -0.15) is 0 Å². The largest absolute Gasteiger partial charge is 0.432 e. The van der Waals surface area contributed by atoms with E-state index in [1.807, 2.05) is 13.8 Å². The standard InChI is InChI=1S/C9H14O3/c1-6(9(4)5-11-9)7(2)12-8(3)10/h5H2,1-4H3/b7-6-. The smallest absolute Gasteiger partial charge is 0.307 e. The third kappa shape index (κ3) is 1.85. The van der Waals surface area contributed by atoms with Gasteiger partial charge < -0.3 is 9.47 Å². The highest BCUT2D eigenvalue weighted by Crippen LogP contribution is 2.35. The Bertz CT molecular complexity index is 236. The molecule has 1 heterocycles. The van der Waals surface area contributed by atoms with E-state index in [0.29, 0.717) is 5.76 Å². The fraction of sp³-hybridized carbons (Fsp3) is 0.667. The Balaban J connectivity index is 2.68. The first kappa shape index (κ1) is 9.26. The maximum atomic E-state index is 10.6. The zero-order chi connectivity index (χ0) is 9.35. The second kappa shape index (κ2) is 2.90. The number of rotatable bonds is 2. The lowest BCUT2D eigenvalue weighted by Crippen LogP contribution is -2.10. The summed E-state index contributed by atoms with van der Waals surface area (Å²) in [6.07, 6.45) is 0. The van der Waals surface area contributed by atoms with Gasteiger partial charge >= 0.3 is 5.97 Å². The minimum absolute atomic E-state index is 0.181. The van der Waals surface area contributed by atoms with Crippen molar-refractivity contribution in [1.29, 1.82) is 0 Å². The molecule has 3 nitrogen and oxygen atoms in total. The Hall–Kier alpha value is -0.830. The molecule has 1 rings (SSSR count). The number of esters is 1. The minimum Gasteiger partial charge on any atom is -0.432 e. The summed E-state index contributed by atoms with van der Waals surface area (Å²) in [6.45, 7) is 7.80. The molecular weight excluding hydrogens is 156 g/mol. The molecule has 0 aromatic carbocycles. The van der Waals surface area contributed by atoms with Crippen molar-refractivity contribution in [1.82, 2.24) is 0 Å². The molecule has 0 aliphatic carbocycles. The molecule has 0 bridgehead atoms. The molecular formula is C9H14O3. The van der Waals surface area contributed by atoms with Crippen molar-refractivity contribution in [2.24, 2.45) is 0 Å². The van der Waals surface area contributed by atoms with Crippen LogP contribution in [0.3, 0.4) is 0 Å². The van der Waals surface area contributed by atoms with E-state index < -0.39 is 0 Å². The van der Waals surface area contributed by atoms with E-state index in [0.717, 1.165) is 12.2 Å². The molecule has 0 radical (unpaired) electrons. The van der Waals surface area contributed by atoms with Gasteiger partial charge in [-0.1, -0.05) is 0 Å². The van der Waals surface area contributed by atoms with Gasteiger partial charge in [0.2, 0.25) is 0 Å². The lowest BCUT2D eigenvalue weighted by Gasteiger charge is -2.09. The van der Waals surface area contributed by atoms with Crippen LogP contribution < -0.4 is 0 Å². The molecule has 0 amide bonds. The van der Waals surface area contributed by atoms with Crippen molar-refractivity contribution in [3.8, 4) is 0 Å². The molecule has 3 heteroatoms. The quantitative estimate of drug-likeness (QED) is 0.359. The molecule has 0 aromatic rings. The lowest BCUT2D eigenvalue weighted by molar-refractivity contribution is -0.136. The van der Waals surface area contributed by atoms with Crippen LogP contribution >= 0.6 is 0 Å². The van der Waals surface area contributed by atoms with E-state index in [2.05, 4.69) is 0 Å². The molecule has 1 aliphatic rings. The third-order valence-electron chi connectivity index (χ3n) is 2.20. The fourth-order valence-corrected chi connectivity index (χ4v) is 0.989. The molecule has 0 saturated carbocycles. The first-order chi connectivity index (χ1) is 5.46. The van der Waals surface area contributed by atoms with Crippen LogP contribution in [0.25, 0.3) is 0 Å². The Kier molecular flexibility index (Phi) is 2.24. The topological polar surface area (TPSA) is 38.8 Å². The third-order valence-corrected chi connectivity index (χ3v) is 2.20. The highest BCUT2D eigenvalue weighted by molar-refractivity contribution is 5.67. The van der Waals surface area contributed by atoms with Crippen LogP contribution in [-0.2, 0) is 14.3 Å². The number of carbonyl (C=O) groups excluding carboxylic acids is 1. The summed E-state index contributed by atoms with van der Waals surface area (Å²) in [4.78, 5) is 10.6. The van der Waals surface area contributed by atoms with Crippen LogP contribution in [0.4, 0.5) is 0 Å². The van der Waals surface area contributed by atoms with Crippen molar-refractivity contribution < 1.29 is 14.3 Å². The van der Waals surface area contributed by atoms with Crippen LogP contribution in [0, 0.1) is 0 Å². The summed E-state index contributed by atoms with van der Waals surface area (Å²) in [5, 5.41) is 0. The highest BCUT2D eigenvalue weighted by atomic mass is 16.6. The molecule has 1 aliphatic heterocycles. The van der Waals surface area contributed by atoms with Crippen molar-refractivity contribution in [3.63, 3.8) is 0 Å². The maximum absolute atomic E-state index is 10.6. The van der Waals surface area contributed by atoms with E-state index in [-0.39, 0.29) is 11.6 Å². The van der Waals surface area contributed by atoms with Crippen LogP contribution in [0.15, 0.2) is 11.3 Å². The van der Waals surface area contributed by atoms with Gasteiger partial charge in [-0.05, 0) is 26.3 Å². The molecule has 1 atom stereocenters. The predicted octanol–water partition coefficient (Wildman–Crippen LogP) is 1.63. The van der Waals surface area contributed by atoms with E-state index in [1.54, 1.807) is 6.92 Å². The number of carbonyl (C=O) groups is 1. The highest BCUT2D eigenvalue weighted by Gasteiger charge is 2.42.